The number of pyridine rings is 1. The van der Waals surface area contributed by atoms with Crippen molar-refractivity contribution >= 4 is 17.3 Å². The summed E-state index contributed by atoms with van der Waals surface area (Å²) in [6, 6.07) is 4.82. The highest BCUT2D eigenvalue weighted by Crippen LogP contribution is 2.35. The number of ether oxygens (including phenoxy) is 1. The average molecular weight is 330 g/mol. The van der Waals surface area contributed by atoms with Gasteiger partial charge >= 0.3 is 5.82 Å². The van der Waals surface area contributed by atoms with Gasteiger partial charge in [-0.15, -0.1) is 0 Å². The summed E-state index contributed by atoms with van der Waals surface area (Å²) in [5.74, 6) is 1.04. The molecule has 10 nitrogen and oxygen atoms in total. The molecule has 0 aliphatic carbocycles. The van der Waals surface area contributed by atoms with Crippen LogP contribution in [0.5, 0.6) is 0 Å². The van der Waals surface area contributed by atoms with Crippen molar-refractivity contribution in [1.29, 1.82) is 0 Å². The van der Waals surface area contributed by atoms with E-state index in [0.717, 1.165) is 0 Å². The predicted octanol–water partition coefficient (Wildman–Crippen LogP) is 1.51. The third-order valence-corrected chi connectivity index (χ3v) is 3.89. The van der Waals surface area contributed by atoms with E-state index >= 15 is 0 Å². The highest BCUT2D eigenvalue weighted by atomic mass is 16.6. The molecule has 1 aliphatic heterocycles. The highest BCUT2D eigenvalue weighted by Gasteiger charge is 2.36. The molecular weight excluding hydrogens is 316 g/mol. The maximum Gasteiger partial charge on any atom is 0.372 e. The van der Waals surface area contributed by atoms with Gasteiger partial charge in [-0.05, 0) is 17.9 Å². The minimum absolute atomic E-state index is 0.0891. The molecule has 1 fully saturated rings. The van der Waals surface area contributed by atoms with Crippen molar-refractivity contribution < 1.29 is 14.2 Å². The summed E-state index contributed by atoms with van der Waals surface area (Å²) in [4.78, 5) is 21.7. The number of aromatic nitrogens is 4. The zero-order valence-corrected chi connectivity index (χ0v) is 12.8. The number of imidazole rings is 1. The summed E-state index contributed by atoms with van der Waals surface area (Å²) in [6.07, 6.45) is 1.62. The Hall–Kier alpha value is -3.01. The second-order valence-corrected chi connectivity index (χ2v) is 5.41. The Morgan fingerprint density at radius 3 is 3.00 bits per heavy atom. The molecule has 4 heterocycles. The van der Waals surface area contributed by atoms with Crippen LogP contribution >= 0.6 is 0 Å². The van der Waals surface area contributed by atoms with Crippen LogP contribution in [0.15, 0.2) is 28.9 Å². The van der Waals surface area contributed by atoms with Gasteiger partial charge in [0.2, 0.25) is 11.5 Å². The van der Waals surface area contributed by atoms with E-state index in [9.17, 15) is 10.1 Å². The van der Waals surface area contributed by atoms with Crippen molar-refractivity contribution in [3.8, 4) is 0 Å². The minimum atomic E-state index is -0.430. The lowest BCUT2D eigenvalue weighted by molar-refractivity contribution is -0.389. The fourth-order valence-electron chi connectivity index (χ4n) is 2.84. The molecule has 1 saturated heterocycles. The summed E-state index contributed by atoms with van der Waals surface area (Å²) in [5, 5.41) is 15.4. The Morgan fingerprint density at radius 1 is 1.38 bits per heavy atom. The van der Waals surface area contributed by atoms with Crippen LogP contribution < -0.4 is 4.90 Å². The van der Waals surface area contributed by atoms with Crippen LogP contribution in [0.1, 0.15) is 17.8 Å². The van der Waals surface area contributed by atoms with E-state index < -0.39 is 11.0 Å². The van der Waals surface area contributed by atoms with Gasteiger partial charge in [-0.3, -0.25) is 0 Å². The Morgan fingerprint density at radius 2 is 2.25 bits per heavy atom. The molecule has 0 N–H and O–H groups in total. The number of nitro groups is 1. The van der Waals surface area contributed by atoms with Gasteiger partial charge in [0.05, 0.1) is 19.4 Å². The summed E-state index contributed by atoms with van der Waals surface area (Å²) < 4.78 is 12.2. The van der Waals surface area contributed by atoms with Crippen molar-refractivity contribution in [3.05, 3.63) is 46.2 Å². The molecule has 0 saturated carbocycles. The first kappa shape index (κ1) is 14.6. The predicted molar refractivity (Wildman–Crippen MR) is 81.8 cm³/mol. The molecular formula is C14H14N6O4. The summed E-state index contributed by atoms with van der Waals surface area (Å²) in [6.45, 7) is 2.90. The highest BCUT2D eigenvalue weighted by molar-refractivity contribution is 5.64. The van der Waals surface area contributed by atoms with E-state index in [2.05, 4.69) is 15.1 Å². The second kappa shape index (κ2) is 5.57. The molecule has 3 aromatic rings. The van der Waals surface area contributed by atoms with E-state index in [1.807, 2.05) is 0 Å². The zero-order chi connectivity index (χ0) is 16.7. The normalized spacial score (nSPS) is 18.2. The average Bonchev–Trinajstić information content (AvgIpc) is 3.18. The number of hydrogen-bond donors (Lipinski definition) is 0. The van der Waals surface area contributed by atoms with Gasteiger partial charge < -0.3 is 24.3 Å². The third kappa shape index (κ3) is 2.27. The van der Waals surface area contributed by atoms with E-state index in [0.29, 0.717) is 37.1 Å². The molecule has 0 spiro atoms. The van der Waals surface area contributed by atoms with Crippen molar-refractivity contribution in [2.24, 2.45) is 0 Å². The number of rotatable bonds is 3. The van der Waals surface area contributed by atoms with Crippen LogP contribution in [-0.2, 0) is 4.74 Å². The summed E-state index contributed by atoms with van der Waals surface area (Å²) in [7, 11) is 0. The molecule has 1 unspecified atom stereocenters. The molecule has 1 aliphatic rings. The number of nitrogens with zero attached hydrogens (tertiary/aromatic N) is 6. The van der Waals surface area contributed by atoms with Crippen molar-refractivity contribution in [1.82, 2.24) is 19.5 Å². The largest absolute Gasteiger partial charge is 0.377 e. The van der Waals surface area contributed by atoms with Crippen LogP contribution in [0.4, 0.5) is 11.6 Å². The van der Waals surface area contributed by atoms with E-state index in [-0.39, 0.29) is 11.6 Å². The molecule has 0 aromatic carbocycles. The Bertz CT molecular complexity index is 904. The maximum absolute atomic E-state index is 11.6. The SMILES string of the molecule is Cc1noc(C2COCCN2c2nc3ccccn3c2[N+](=O)[O-])n1. The first-order chi connectivity index (χ1) is 11.6. The molecule has 24 heavy (non-hydrogen) atoms. The van der Waals surface area contributed by atoms with Gasteiger partial charge in [0.1, 0.15) is 6.04 Å². The first-order valence-electron chi connectivity index (χ1n) is 7.41. The zero-order valence-electron chi connectivity index (χ0n) is 12.8. The van der Waals surface area contributed by atoms with E-state index in [4.69, 9.17) is 9.26 Å². The molecule has 0 radical (unpaired) electrons. The van der Waals surface area contributed by atoms with Gasteiger partial charge in [-0.1, -0.05) is 11.2 Å². The molecule has 4 rings (SSSR count). The first-order valence-corrected chi connectivity index (χ1v) is 7.41. The van der Waals surface area contributed by atoms with Crippen LogP contribution in [-0.4, -0.2) is 44.2 Å². The summed E-state index contributed by atoms with van der Waals surface area (Å²) >= 11 is 0. The van der Waals surface area contributed by atoms with Gasteiger partial charge in [0, 0.05) is 12.6 Å². The monoisotopic (exact) mass is 330 g/mol. The topological polar surface area (TPSA) is 112 Å². The molecule has 3 aromatic heterocycles. The van der Waals surface area contributed by atoms with Crippen LogP contribution in [0.2, 0.25) is 0 Å². The lowest BCUT2D eigenvalue weighted by atomic mass is 10.2. The van der Waals surface area contributed by atoms with Gasteiger partial charge in [-0.2, -0.15) is 14.4 Å². The smallest absolute Gasteiger partial charge is 0.372 e. The van der Waals surface area contributed by atoms with Gasteiger partial charge in [-0.25, -0.2) is 0 Å². The molecule has 0 bridgehead atoms. The van der Waals surface area contributed by atoms with Crippen molar-refractivity contribution in [2.75, 3.05) is 24.7 Å². The second-order valence-electron chi connectivity index (χ2n) is 5.41. The van der Waals surface area contributed by atoms with Gasteiger partial charge in [0.15, 0.2) is 5.82 Å². The summed E-state index contributed by atoms with van der Waals surface area (Å²) in [5.41, 5.74) is 0.506. The molecule has 10 heteroatoms. The van der Waals surface area contributed by atoms with Crippen LogP contribution in [0.25, 0.3) is 5.65 Å². The van der Waals surface area contributed by atoms with Crippen molar-refractivity contribution in [3.63, 3.8) is 0 Å². The molecule has 1 atom stereocenters. The Kier molecular flexibility index (Phi) is 3.38. The van der Waals surface area contributed by atoms with Crippen LogP contribution in [0, 0.1) is 17.0 Å². The maximum atomic E-state index is 11.6. The number of hydrogen-bond acceptors (Lipinski definition) is 8. The standard InChI is InChI=1S/C14H14N6O4/c1-9-15-13(24-17-9)10-8-23-7-6-18(10)12-14(20(21)22)19-5-3-2-4-11(19)16-12/h2-5,10H,6-8H2,1H3. The third-order valence-electron chi connectivity index (χ3n) is 3.89. The number of morpholine rings is 1. The van der Waals surface area contributed by atoms with Crippen LogP contribution in [0.3, 0.4) is 0 Å². The molecule has 124 valence electrons. The fraction of sp³-hybridized carbons (Fsp3) is 0.357. The minimum Gasteiger partial charge on any atom is -0.377 e. The number of aryl methyl sites for hydroxylation is 1. The lowest BCUT2D eigenvalue weighted by Crippen LogP contribution is -2.40. The Labute approximate surface area is 135 Å². The van der Waals surface area contributed by atoms with Gasteiger partial charge in [0.25, 0.3) is 5.89 Å². The van der Waals surface area contributed by atoms with E-state index in [1.54, 1.807) is 36.2 Å². The number of anilines is 1. The lowest BCUT2D eigenvalue weighted by Gasteiger charge is -2.32. The quantitative estimate of drug-likeness (QED) is 0.525. The Balaban J connectivity index is 1.85. The molecule has 0 amide bonds. The number of fused-ring (bicyclic) bond motifs is 1. The van der Waals surface area contributed by atoms with Crippen molar-refractivity contribution in [2.45, 2.75) is 13.0 Å². The van der Waals surface area contributed by atoms with E-state index in [1.165, 1.54) is 4.40 Å². The fourth-order valence-corrected chi connectivity index (χ4v) is 2.84.